The van der Waals surface area contributed by atoms with Gasteiger partial charge in [-0.25, -0.2) is 9.18 Å². The molecule has 1 heterocycles. The number of aliphatic carboxylic acids is 1. The predicted octanol–water partition coefficient (Wildman–Crippen LogP) is 1.17. The molecule has 2 rings (SSSR count). The zero-order valence-corrected chi connectivity index (χ0v) is 10.0. The second-order valence-corrected chi connectivity index (χ2v) is 3.81. The van der Waals surface area contributed by atoms with E-state index in [2.05, 4.69) is 5.10 Å². The highest BCUT2D eigenvalue weighted by Crippen LogP contribution is 2.14. The molecule has 20 heavy (non-hydrogen) atoms. The highest BCUT2D eigenvalue weighted by molar-refractivity contribution is 5.85. The van der Waals surface area contributed by atoms with E-state index >= 15 is 0 Å². The summed E-state index contributed by atoms with van der Waals surface area (Å²) in [6.45, 7) is 0. The van der Waals surface area contributed by atoms with Crippen LogP contribution in [0, 0.1) is 5.82 Å². The van der Waals surface area contributed by atoms with Gasteiger partial charge in [-0.05, 0) is 30.3 Å². The lowest BCUT2D eigenvalue weighted by atomic mass is 10.3. The maximum Gasteiger partial charge on any atom is 0.328 e. The third kappa shape index (κ3) is 2.89. The molecule has 0 fully saturated rings. The third-order valence-corrected chi connectivity index (χ3v) is 2.39. The Labute approximate surface area is 112 Å². The third-order valence-electron chi connectivity index (χ3n) is 2.39. The van der Waals surface area contributed by atoms with Crippen LogP contribution in [0.4, 0.5) is 4.39 Å². The normalized spacial score (nSPS) is 10.8. The van der Waals surface area contributed by atoms with Gasteiger partial charge in [0.15, 0.2) is 0 Å². The molecule has 0 saturated heterocycles. The molecule has 0 aliphatic carbocycles. The predicted molar refractivity (Wildman–Crippen MR) is 68.1 cm³/mol. The van der Waals surface area contributed by atoms with Crippen LogP contribution in [-0.4, -0.2) is 26.0 Å². The van der Waals surface area contributed by atoms with Crippen molar-refractivity contribution < 1.29 is 19.4 Å². The maximum atomic E-state index is 12.8. The average molecular weight is 276 g/mol. The van der Waals surface area contributed by atoms with E-state index < -0.39 is 23.1 Å². The quantitative estimate of drug-likeness (QED) is 0.821. The molecule has 1 aromatic heterocycles. The van der Waals surface area contributed by atoms with Crippen LogP contribution in [0.3, 0.4) is 0 Å². The Bertz CT molecular complexity index is 735. The van der Waals surface area contributed by atoms with Crippen molar-refractivity contribution in [1.29, 1.82) is 0 Å². The zero-order valence-electron chi connectivity index (χ0n) is 10.0. The average Bonchev–Trinajstić information content (AvgIpc) is 2.39. The van der Waals surface area contributed by atoms with E-state index in [0.29, 0.717) is 5.69 Å². The SMILES string of the molecule is O=C(O)/C=C/c1nn(-c2ccc(F)cc2)c(=O)cc1O. The minimum absolute atomic E-state index is 0.0867. The van der Waals surface area contributed by atoms with Gasteiger partial charge in [-0.15, -0.1) is 0 Å². The van der Waals surface area contributed by atoms with Gasteiger partial charge in [0.05, 0.1) is 5.69 Å². The number of hydrogen-bond acceptors (Lipinski definition) is 4. The van der Waals surface area contributed by atoms with E-state index in [1.54, 1.807) is 0 Å². The highest BCUT2D eigenvalue weighted by Gasteiger charge is 2.07. The fourth-order valence-electron chi connectivity index (χ4n) is 1.50. The first-order chi connectivity index (χ1) is 9.47. The molecule has 102 valence electrons. The minimum atomic E-state index is -1.22. The summed E-state index contributed by atoms with van der Waals surface area (Å²) >= 11 is 0. The summed E-state index contributed by atoms with van der Waals surface area (Å²) in [5, 5.41) is 21.9. The Morgan fingerprint density at radius 3 is 2.55 bits per heavy atom. The molecular formula is C13H9FN2O4. The standard InChI is InChI=1S/C13H9FN2O4/c14-8-1-3-9(4-2-8)16-12(18)7-11(17)10(15-16)5-6-13(19)20/h1-7,17H,(H,19,20)/b6-5+. The van der Waals surface area contributed by atoms with Crippen LogP contribution >= 0.6 is 0 Å². The molecular weight excluding hydrogens is 267 g/mol. The van der Waals surface area contributed by atoms with Crippen LogP contribution in [0.25, 0.3) is 11.8 Å². The Morgan fingerprint density at radius 1 is 1.30 bits per heavy atom. The Kier molecular flexibility index (Phi) is 3.60. The number of carbonyl (C=O) groups is 1. The number of benzene rings is 1. The molecule has 0 aliphatic rings. The van der Waals surface area contributed by atoms with Crippen molar-refractivity contribution in [2.75, 3.05) is 0 Å². The minimum Gasteiger partial charge on any atom is -0.505 e. The molecule has 2 N–H and O–H groups in total. The number of halogens is 1. The molecule has 0 bridgehead atoms. The highest BCUT2D eigenvalue weighted by atomic mass is 19.1. The van der Waals surface area contributed by atoms with Gasteiger partial charge in [-0.3, -0.25) is 4.79 Å². The van der Waals surface area contributed by atoms with Crippen molar-refractivity contribution in [2.24, 2.45) is 0 Å². The fourth-order valence-corrected chi connectivity index (χ4v) is 1.50. The lowest BCUT2D eigenvalue weighted by molar-refractivity contribution is -0.131. The van der Waals surface area contributed by atoms with Crippen LogP contribution in [0.15, 0.2) is 41.2 Å². The molecule has 2 aromatic rings. The van der Waals surface area contributed by atoms with Crippen molar-refractivity contribution in [2.45, 2.75) is 0 Å². The summed E-state index contributed by atoms with van der Waals surface area (Å²) in [6.07, 6.45) is 1.83. The molecule has 0 radical (unpaired) electrons. The Morgan fingerprint density at radius 2 is 1.95 bits per heavy atom. The van der Waals surface area contributed by atoms with Crippen molar-refractivity contribution in [3.8, 4) is 11.4 Å². The smallest absolute Gasteiger partial charge is 0.328 e. The monoisotopic (exact) mass is 276 g/mol. The van der Waals surface area contributed by atoms with Crippen molar-refractivity contribution >= 4 is 12.0 Å². The van der Waals surface area contributed by atoms with Gasteiger partial charge < -0.3 is 10.2 Å². The van der Waals surface area contributed by atoms with Gasteiger partial charge in [-0.2, -0.15) is 9.78 Å². The van der Waals surface area contributed by atoms with Gasteiger partial charge in [0.1, 0.15) is 17.3 Å². The number of carboxylic acids is 1. The Hall–Kier alpha value is -2.96. The van der Waals surface area contributed by atoms with Gasteiger partial charge in [-0.1, -0.05) is 0 Å². The summed E-state index contributed by atoms with van der Waals surface area (Å²) < 4.78 is 13.8. The Balaban J connectivity index is 2.54. The summed E-state index contributed by atoms with van der Waals surface area (Å²) in [5.41, 5.74) is -0.417. The molecule has 0 atom stereocenters. The van der Waals surface area contributed by atoms with Crippen LogP contribution < -0.4 is 5.56 Å². The second kappa shape index (κ2) is 5.35. The molecule has 7 heteroatoms. The van der Waals surface area contributed by atoms with E-state index in [4.69, 9.17) is 5.11 Å². The number of aromatic hydroxyl groups is 1. The number of hydrogen-bond donors (Lipinski definition) is 2. The van der Waals surface area contributed by atoms with Crippen LogP contribution in [0.1, 0.15) is 5.69 Å². The maximum absolute atomic E-state index is 12.8. The second-order valence-electron chi connectivity index (χ2n) is 3.81. The fraction of sp³-hybridized carbons (Fsp3) is 0. The van der Waals surface area contributed by atoms with Crippen molar-refractivity contribution in [3.63, 3.8) is 0 Å². The summed E-state index contributed by atoms with van der Waals surface area (Å²) in [6, 6.07) is 5.89. The summed E-state index contributed by atoms with van der Waals surface area (Å²) in [7, 11) is 0. The van der Waals surface area contributed by atoms with Gasteiger partial charge in [0.25, 0.3) is 5.56 Å². The van der Waals surface area contributed by atoms with Crippen LogP contribution in [0.2, 0.25) is 0 Å². The summed E-state index contributed by atoms with van der Waals surface area (Å²) in [4.78, 5) is 22.2. The van der Waals surface area contributed by atoms with Gasteiger partial charge in [0.2, 0.25) is 0 Å². The number of nitrogens with zero attached hydrogens (tertiary/aromatic N) is 2. The largest absolute Gasteiger partial charge is 0.505 e. The first kappa shape index (κ1) is 13.5. The van der Waals surface area contributed by atoms with E-state index in [-0.39, 0.29) is 5.69 Å². The van der Waals surface area contributed by atoms with Crippen molar-refractivity contribution in [3.05, 3.63) is 58.3 Å². The molecule has 1 aromatic carbocycles. The zero-order chi connectivity index (χ0) is 14.7. The summed E-state index contributed by atoms with van der Waals surface area (Å²) in [5.74, 6) is -2.12. The lowest BCUT2D eigenvalue weighted by Crippen LogP contribution is -2.20. The number of rotatable bonds is 3. The van der Waals surface area contributed by atoms with E-state index in [1.807, 2.05) is 0 Å². The first-order valence-corrected chi connectivity index (χ1v) is 5.47. The van der Waals surface area contributed by atoms with Crippen LogP contribution in [-0.2, 0) is 4.79 Å². The lowest BCUT2D eigenvalue weighted by Gasteiger charge is -2.06. The van der Waals surface area contributed by atoms with Gasteiger partial charge >= 0.3 is 5.97 Å². The van der Waals surface area contributed by atoms with Crippen LogP contribution in [0.5, 0.6) is 5.75 Å². The van der Waals surface area contributed by atoms with E-state index in [9.17, 15) is 19.1 Å². The molecule has 0 saturated carbocycles. The van der Waals surface area contributed by atoms with Gasteiger partial charge in [0, 0.05) is 12.1 Å². The number of carboxylic acid groups (broad SMARTS) is 1. The van der Waals surface area contributed by atoms with Crippen molar-refractivity contribution in [1.82, 2.24) is 9.78 Å². The first-order valence-electron chi connectivity index (χ1n) is 5.47. The molecule has 0 unspecified atom stereocenters. The molecule has 6 nitrogen and oxygen atoms in total. The molecule has 0 spiro atoms. The van der Waals surface area contributed by atoms with E-state index in [1.165, 1.54) is 12.1 Å². The molecule has 0 aliphatic heterocycles. The number of aromatic nitrogens is 2. The topological polar surface area (TPSA) is 92.4 Å². The molecule has 0 amide bonds. The van der Waals surface area contributed by atoms with E-state index in [0.717, 1.165) is 35.0 Å².